The minimum absolute atomic E-state index is 0.0656. The number of imidazole rings is 1. The summed E-state index contributed by atoms with van der Waals surface area (Å²) in [5, 5.41) is 5.58. The normalized spacial score (nSPS) is 19.6. The van der Waals surface area contributed by atoms with E-state index in [0.717, 1.165) is 12.2 Å². The summed E-state index contributed by atoms with van der Waals surface area (Å²) in [7, 11) is 6.51. The Morgan fingerprint density at radius 3 is 2.90 bits per heavy atom. The largest absolute Gasteiger partial charge is 0.357 e. The molecule has 1 aromatic heterocycles. The third-order valence-electron chi connectivity index (χ3n) is 3.72. The topological polar surface area (TPSA) is 79.3 Å². The van der Waals surface area contributed by atoms with Crippen LogP contribution in [-0.2, 0) is 16.0 Å². The lowest BCUT2D eigenvalue weighted by Crippen LogP contribution is -2.51. The van der Waals surface area contributed by atoms with Crippen molar-refractivity contribution >= 4 is 30.6 Å². The number of likely N-dealkylation sites (tertiary alicyclic amines) is 1. The van der Waals surface area contributed by atoms with Gasteiger partial charge < -0.3 is 14.6 Å². The number of hydrogen-bond acceptors (Lipinski definition) is 4. The van der Waals surface area contributed by atoms with E-state index in [1.807, 2.05) is 10.5 Å². The lowest BCUT2D eigenvalue weighted by Gasteiger charge is -2.27. The first-order valence-electron chi connectivity index (χ1n) is 6.84. The van der Waals surface area contributed by atoms with Crippen molar-refractivity contribution in [1.29, 1.82) is 0 Å². The van der Waals surface area contributed by atoms with Gasteiger partial charge >= 0.3 is 0 Å². The van der Waals surface area contributed by atoms with Crippen LogP contribution in [0, 0.1) is 0 Å². The van der Waals surface area contributed by atoms with Gasteiger partial charge in [-0.3, -0.25) is 14.7 Å². The van der Waals surface area contributed by atoms with Gasteiger partial charge in [-0.1, -0.05) is 9.39 Å². The van der Waals surface area contributed by atoms with Crippen LogP contribution < -0.4 is 10.4 Å². The Hall–Kier alpha value is -1.03. The van der Waals surface area contributed by atoms with Gasteiger partial charge in [-0.25, -0.2) is 4.98 Å². The average molecular weight is 329 g/mol. The van der Waals surface area contributed by atoms with Gasteiger partial charge in [0.2, 0.25) is 11.8 Å². The second-order valence-corrected chi connectivity index (χ2v) is 5.87. The van der Waals surface area contributed by atoms with Crippen LogP contribution in [0.25, 0.3) is 0 Å². The van der Waals surface area contributed by atoms with Crippen molar-refractivity contribution in [3.05, 3.63) is 18.2 Å². The molecule has 0 aliphatic carbocycles. The van der Waals surface area contributed by atoms with Crippen LogP contribution in [0.5, 0.6) is 0 Å². The third kappa shape index (κ3) is 3.60. The number of hydrogen-bond donors (Lipinski definition) is 2. The summed E-state index contributed by atoms with van der Waals surface area (Å²) in [5.74, 6) is 0.629. The number of aromatic nitrogens is 2. The van der Waals surface area contributed by atoms with Crippen LogP contribution >= 0.6 is 18.8 Å². The lowest BCUT2D eigenvalue weighted by atomic mass is 10.1. The number of nitrogens with one attached hydrogen (secondary N) is 2. The molecule has 1 saturated heterocycles. The molecule has 9 heteroatoms. The van der Waals surface area contributed by atoms with Gasteiger partial charge in [-0.15, -0.1) is 0 Å². The zero-order valence-electron chi connectivity index (χ0n) is 12.0. The van der Waals surface area contributed by atoms with E-state index in [0.29, 0.717) is 19.4 Å². The molecule has 0 spiro atoms. The quantitative estimate of drug-likeness (QED) is 0.717. The number of rotatable bonds is 5. The van der Waals surface area contributed by atoms with Crippen LogP contribution in [0.3, 0.4) is 0 Å². The molecule has 0 bridgehead atoms. The molecule has 2 heterocycles. The minimum atomic E-state index is -0.415. The Morgan fingerprint density at radius 2 is 2.33 bits per heavy atom. The molecule has 0 aromatic carbocycles. The molecule has 116 valence electrons. The van der Waals surface area contributed by atoms with Crippen LogP contribution in [0.1, 0.15) is 18.7 Å². The van der Waals surface area contributed by atoms with Crippen LogP contribution in [0.2, 0.25) is 0 Å². The van der Waals surface area contributed by atoms with Crippen LogP contribution in [-0.4, -0.2) is 51.7 Å². The van der Waals surface area contributed by atoms with Crippen molar-refractivity contribution in [3.63, 3.8) is 0 Å². The van der Waals surface area contributed by atoms with Gasteiger partial charge in [-0.2, -0.15) is 0 Å². The summed E-state index contributed by atoms with van der Waals surface area (Å²) in [6.07, 6.45) is 5.54. The molecule has 4 unspecified atom stereocenters. The maximum absolute atomic E-state index is 12.7. The molecular formula is C12H21N5O2P2. The van der Waals surface area contributed by atoms with Crippen molar-refractivity contribution in [2.75, 3.05) is 13.6 Å². The zero-order chi connectivity index (χ0) is 15.4. The summed E-state index contributed by atoms with van der Waals surface area (Å²) < 4.78 is 1.81. The fraction of sp³-hybridized carbons (Fsp3) is 0.583. The number of carbonyl (C=O) groups excluding carboxylic acids is 2. The molecule has 1 fully saturated rings. The minimum Gasteiger partial charge on any atom is -0.357 e. The molecule has 1 aromatic rings. The predicted octanol–water partition coefficient (Wildman–Crippen LogP) is -0.451. The van der Waals surface area contributed by atoms with Crippen molar-refractivity contribution in [1.82, 2.24) is 24.6 Å². The predicted molar refractivity (Wildman–Crippen MR) is 86.5 cm³/mol. The van der Waals surface area contributed by atoms with Gasteiger partial charge in [-0.05, 0) is 22.2 Å². The van der Waals surface area contributed by atoms with Crippen molar-refractivity contribution in [2.45, 2.75) is 31.3 Å². The molecule has 7 nitrogen and oxygen atoms in total. The maximum Gasteiger partial charge on any atom is 0.242 e. The van der Waals surface area contributed by atoms with Crippen molar-refractivity contribution in [2.24, 2.45) is 0 Å². The number of likely N-dealkylation sites (N-methyl/N-ethyl adjacent to an activating group) is 1. The summed E-state index contributed by atoms with van der Waals surface area (Å²) in [6.45, 7) is 0.620. The Labute approximate surface area is 128 Å². The molecule has 2 N–H and O–H groups in total. The first-order valence-corrected chi connectivity index (χ1v) is 7.93. The highest BCUT2D eigenvalue weighted by Gasteiger charge is 2.36. The monoisotopic (exact) mass is 329 g/mol. The van der Waals surface area contributed by atoms with Gasteiger partial charge in [0.25, 0.3) is 0 Å². The Bertz CT molecular complexity index is 522. The fourth-order valence-electron chi connectivity index (χ4n) is 2.57. The summed E-state index contributed by atoms with van der Waals surface area (Å²) in [5.41, 5.74) is 0. The molecule has 2 amide bonds. The fourth-order valence-corrected chi connectivity index (χ4v) is 3.08. The summed E-state index contributed by atoms with van der Waals surface area (Å²) in [4.78, 5) is 30.4. The summed E-state index contributed by atoms with van der Waals surface area (Å²) in [6, 6.07) is -0.777. The third-order valence-corrected chi connectivity index (χ3v) is 4.59. The molecular weight excluding hydrogens is 308 g/mol. The highest BCUT2D eigenvalue weighted by atomic mass is 31.0. The van der Waals surface area contributed by atoms with Crippen molar-refractivity contribution < 1.29 is 9.59 Å². The Balaban J connectivity index is 2.09. The highest BCUT2D eigenvalue weighted by molar-refractivity contribution is 7.14. The maximum atomic E-state index is 12.7. The Kier molecular flexibility index (Phi) is 5.68. The number of nitrogens with zero attached hydrogens (tertiary/aromatic N) is 3. The highest BCUT2D eigenvalue weighted by Crippen LogP contribution is 2.20. The lowest BCUT2D eigenvalue weighted by molar-refractivity contribution is -0.139. The molecule has 0 saturated carbocycles. The van der Waals surface area contributed by atoms with E-state index < -0.39 is 6.04 Å². The van der Waals surface area contributed by atoms with E-state index in [1.54, 1.807) is 18.1 Å². The Morgan fingerprint density at radius 1 is 1.57 bits per heavy atom. The zero-order valence-corrected chi connectivity index (χ0v) is 14.3. The van der Waals surface area contributed by atoms with Crippen LogP contribution in [0.4, 0.5) is 0 Å². The van der Waals surface area contributed by atoms with Gasteiger partial charge in [0.15, 0.2) is 0 Å². The van der Waals surface area contributed by atoms with E-state index in [-0.39, 0.29) is 17.9 Å². The standard InChI is InChI=1S/C12H21N5O2P2/c1-13-11(18)9-3-2-5-16(9)12(19)8(15-20)7-10-14-4-6-17(10)21/h4,6,8-9,15H,2-3,5,7,20-21H2,1H3,(H,13,18). The van der Waals surface area contributed by atoms with Crippen LogP contribution in [0.15, 0.2) is 12.4 Å². The van der Waals surface area contributed by atoms with Gasteiger partial charge in [0.1, 0.15) is 11.9 Å². The van der Waals surface area contributed by atoms with E-state index >= 15 is 0 Å². The SMILES string of the molecule is CNC(=O)C1CCCN1C(=O)C(Cc1nccn1P)NP. The number of carbonyl (C=O) groups is 2. The number of amides is 2. The van der Waals surface area contributed by atoms with Gasteiger partial charge in [0, 0.05) is 32.4 Å². The molecule has 4 atom stereocenters. The molecule has 1 aliphatic rings. The first-order chi connectivity index (χ1) is 10.1. The van der Waals surface area contributed by atoms with Crippen molar-refractivity contribution in [3.8, 4) is 0 Å². The second-order valence-electron chi connectivity index (χ2n) is 4.98. The molecule has 1 aliphatic heterocycles. The average Bonchev–Trinajstić information content (AvgIpc) is 3.12. The van der Waals surface area contributed by atoms with E-state index in [1.165, 1.54) is 0 Å². The second kappa shape index (κ2) is 7.30. The molecule has 2 rings (SSSR count). The smallest absolute Gasteiger partial charge is 0.242 e. The van der Waals surface area contributed by atoms with E-state index in [4.69, 9.17) is 0 Å². The van der Waals surface area contributed by atoms with E-state index in [2.05, 4.69) is 34.2 Å². The molecule has 0 radical (unpaired) electrons. The van der Waals surface area contributed by atoms with Gasteiger partial charge in [0.05, 0.1) is 6.04 Å². The van der Waals surface area contributed by atoms with E-state index in [9.17, 15) is 9.59 Å². The molecule has 21 heavy (non-hydrogen) atoms. The summed E-state index contributed by atoms with van der Waals surface area (Å²) >= 11 is 0. The first kappa shape index (κ1) is 16.3.